The van der Waals surface area contributed by atoms with Crippen molar-refractivity contribution >= 4 is 5.95 Å². The Labute approximate surface area is 142 Å². The number of nitrogens with one attached hydrogen (secondary N) is 1. The predicted octanol–water partition coefficient (Wildman–Crippen LogP) is 0.388. The Bertz CT molecular complexity index is 589. The molecule has 0 spiro atoms. The second-order valence-electron chi connectivity index (χ2n) is 6.41. The van der Waals surface area contributed by atoms with Crippen LogP contribution in [0, 0.1) is 0 Å². The van der Waals surface area contributed by atoms with E-state index in [1.807, 2.05) is 17.1 Å². The summed E-state index contributed by atoms with van der Waals surface area (Å²) in [7, 11) is 2.15. The highest BCUT2D eigenvalue weighted by molar-refractivity contribution is 5.30. The van der Waals surface area contributed by atoms with E-state index in [9.17, 15) is 0 Å². The normalized spacial score (nSPS) is 17.2. The van der Waals surface area contributed by atoms with Crippen LogP contribution in [0.25, 0.3) is 0 Å². The minimum absolute atomic E-state index is 0.395. The van der Waals surface area contributed by atoms with Gasteiger partial charge in [0.05, 0.1) is 0 Å². The SMILES string of the molecule is C[C@H](CCn1cncn1)NCc1cnc(N2CCN(C)CC2)nc1. The van der Waals surface area contributed by atoms with Gasteiger partial charge in [-0.05, 0) is 20.4 Å². The molecule has 0 radical (unpaired) electrons. The van der Waals surface area contributed by atoms with Crippen LogP contribution in [0.1, 0.15) is 18.9 Å². The van der Waals surface area contributed by atoms with Gasteiger partial charge in [-0.3, -0.25) is 4.68 Å². The fraction of sp³-hybridized carbons (Fsp3) is 0.625. The Hall–Kier alpha value is -2.06. The Morgan fingerprint density at radius 1 is 1.17 bits per heavy atom. The molecule has 3 heterocycles. The first kappa shape index (κ1) is 16.8. The van der Waals surface area contributed by atoms with E-state index in [0.717, 1.165) is 57.2 Å². The third-order valence-corrected chi connectivity index (χ3v) is 4.39. The first-order chi connectivity index (χ1) is 11.7. The number of anilines is 1. The van der Waals surface area contributed by atoms with Gasteiger partial charge in [-0.1, -0.05) is 0 Å². The number of nitrogens with zero attached hydrogens (tertiary/aromatic N) is 7. The molecule has 1 saturated heterocycles. The Morgan fingerprint density at radius 2 is 1.92 bits per heavy atom. The highest BCUT2D eigenvalue weighted by Gasteiger charge is 2.16. The molecule has 8 heteroatoms. The van der Waals surface area contributed by atoms with Crippen molar-refractivity contribution in [2.24, 2.45) is 0 Å². The summed E-state index contributed by atoms with van der Waals surface area (Å²) in [6.07, 6.45) is 8.17. The minimum Gasteiger partial charge on any atom is -0.338 e. The van der Waals surface area contributed by atoms with Crippen LogP contribution in [-0.2, 0) is 13.1 Å². The van der Waals surface area contributed by atoms with Crippen molar-refractivity contribution < 1.29 is 0 Å². The van der Waals surface area contributed by atoms with Crippen LogP contribution >= 0.6 is 0 Å². The van der Waals surface area contributed by atoms with E-state index in [0.29, 0.717) is 6.04 Å². The molecular formula is C16H26N8. The van der Waals surface area contributed by atoms with Gasteiger partial charge in [0.25, 0.3) is 0 Å². The molecule has 0 saturated carbocycles. The van der Waals surface area contributed by atoms with Crippen LogP contribution in [0.15, 0.2) is 25.0 Å². The molecular weight excluding hydrogens is 304 g/mol. The molecule has 2 aromatic rings. The molecule has 8 nitrogen and oxygen atoms in total. The smallest absolute Gasteiger partial charge is 0.225 e. The highest BCUT2D eigenvalue weighted by Crippen LogP contribution is 2.10. The summed E-state index contributed by atoms with van der Waals surface area (Å²) >= 11 is 0. The van der Waals surface area contributed by atoms with Gasteiger partial charge in [-0.2, -0.15) is 5.10 Å². The Balaban J connectivity index is 1.42. The van der Waals surface area contributed by atoms with Crippen LogP contribution in [0.3, 0.4) is 0 Å². The first-order valence-electron chi connectivity index (χ1n) is 8.51. The van der Waals surface area contributed by atoms with Crippen molar-refractivity contribution in [3.8, 4) is 0 Å². The molecule has 3 rings (SSSR count). The monoisotopic (exact) mass is 330 g/mol. The number of hydrogen-bond donors (Lipinski definition) is 1. The summed E-state index contributed by atoms with van der Waals surface area (Å²) in [4.78, 5) is 17.6. The molecule has 0 bridgehead atoms. The molecule has 0 aromatic carbocycles. The molecule has 130 valence electrons. The number of hydrogen-bond acceptors (Lipinski definition) is 7. The average molecular weight is 330 g/mol. The lowest BCUT2D eigenvalue weighted by molar-refractivity contribution is 0.311. The van der Waals surface area contributed by atoms with E-state index in [2.05, 4.69) is 49.1 Å². The third kappa shape index (κ3) is 4.72. The second kappa shape index (κ2) is 8.16. The molecule has 1 N–H and O–H groups in total. The zero-order valence-electron chi connectivity index (χ0n) is 14.5. The van der Waals surface area contributed by atoms with Gasteiger partial charge >= 0.3 is 0 Å². The number of likely N-dealkylation sites (N-methyl/N-ethyl adjacent to an activating group) is 1. The zero-order chi connectivity index (χ0) is 16.8. The Morgan fingerprint density at radius 3 is 2.58 bits per heavy atom. The lowest BCUT2D eigenvalue weighted by atomic mass is 10.2. The van der Waals surface area contributed by atoms with Gasteiger partial charge in [-0.25, -0.2) is 15.0 Å². The summed E-state index contributed by atoms with van der Waals surface area (Å²) in [5.41, 5.74) is 1.11. The third-order valence-electron chi connectivity index (χ3n) is 4.39. The van der Waals surface area contributed by atoms with Crippen LogP contribution in [0.4, 0.5) is 5.95 Å². The fourth-order valence-corrected chi connectivity index (χ4v) is 2.68. The van der Waals surface area contributed by atoms with E-state index in [1.165, 1.54) is 0 Å². The molecule has 2 aromatic heterocycles. The summed E-state index contributed by atoms with van der Waals surface area (Å²) in [5, 5.41) is 7.62. The lowest BCUT2D eigenvalue weighted by Gasteiger charge is -2.32. The van der Waals surface area contributed by atoms with E-state index in [4.69, 9.17) is 0 Å². The summed E-state index contributed by atoms with van der Waals surface area (Å²) in [6, 6.07) is 0.395. The van der Waals surface area contributed by atoms with Gasteiger partial charge in [0.15, 0.2) is 0 Å². The lowest BCUT2D eigenvalue weighted by Crippen LogP contribution is -2.45. The van der Waals surface area contributed by atoms with Crippen molar-refractivity contribution in [3.63, 3.8) is 0 Å². The Kier molecular flexibility index (Phi) is 5.71. The fourth-order valence-electron chi connectivity index (χ4n) is 2.68. The molecule has 24 heavy (non-hydrogen) atoms. The van der Waals surface area contributed by atoms with Crippen molar-refractivity contribution in [3.05, 3.63) is 30.6 Å². The molecule has 1 aliphatic heterocycles. The molecule has 0 unspecified atom stereocenters. The first-order valence-corrected chi connectivity index (χ1v) is 8.51. The molecule has 0 aliphatic carbocycles. The topological polar surface area (TPSA) is 75.0 Å². The molecule has 1 atom stereocenters. The van der Waals surface area contributed by atoms with Crippen LogP contribution < -0.4 is 10.2 Å². The number of piperazine rings is 1. The van der Waals surface area contributed by atoms with Crippen LogP contribution in [0.2, 0.25) is 0 Å². The predicted molar refractivity (Wildman–Crippen MR) is 92.7 cm³/mol. The summed E-state index contributed by atoms with van der Waals surface area (Å²) < 4.78 is 1.85. The molecule has 0 amide bonds. The maximum atomic E-state index is 4.53. The van der Waals surface area contributed by atoms with E-state index in [1.54, 1.807) is 12.7 Å². The van der Waals surface area contributed by atoms with Gasteiger partial charge in [0.1, 0.15) is 12.7 Å². The van der Waals surface area contributed by atoms with Crippen LogP contribution in [-0.4, -0.2) is 68.9 Å². The van der Waals surface area contributed by atoms with Crippen molar-refractivity contribution in [1.82, 2.24) is 34.9 Å². The maximum Gasteiger partial charge on any atom is 0.225 e. The van der Waals surface area contributed by atoms with Crippen LogP contribution in [0.5, 0.6) is 0 Å². The molecule has 1 fully saturated rings. The number of rotatable bonds is 7. The second-order valence-corrected chi connectivity index (χ2v) is 6.41. The average Bonchev–Trinajstić information content (AvgIpc) is 3.13. The van der Waals surface area contributed by atoms with Crippen molar-refractivity contribution in [1.29, 1.82) is 0 Å². The highest BCUT2D eigenvalue weighted by atomic mass is 15.3. The van der Waals surface area contributed by atoms with Crippen molar-refractivity contribution in [2.45, 2.75) is 32.5 Å². The summed E-state index contributed by atoms with van der Waals surface area (Å²) in [6.45, 7) is 7.94. The zero-order valence-corrected chi connectivity index (χ0v) is 14.5. The minimum atomic E-state index is 0.395. The molecule has 1 aliphatic rings. The van der Waals surface area contributed by atoms with Crippen molar-refractivity contribution in [2.75, 3.05) is 38.1 Å². The number of aromatic nitrogens is 5. The maximum absolute atomic E-state index is 4.53. The van der Waals surface area contributed by atoms with E-state index in [-0.39, 0.29) is 0 Å². The quantitative estimate of drug-likeness (QED) is 0.787. The van der Waals surface area contributed by atoms with E-state index >= 15 is 0 Å². The van der Waals surface area contributed by atoms with Gasteiger partial charge in [0.2, 0.25) is 5.95 Å². The summed E-state index contributed by atoms with van der Waals surface area (Å²) in [5.74, 6) is 0.839. The standard InChI is InChI=1S/C16H26N8/c1-14(3-4-24-13-17-12-21-24)18-9-15-10-19-16(20-11-15)23-7-5-22(2)6-8-23/h10-14,18H,3-9H2,1-2H3/t14-/m1/s1. The van der Waals surface area contributed by atoms with Gasteiger partial charge in [-0.15, -0.1) is 0 Å². The van der Waals surface area contributed by atoms with Gasteiger partial charge < -0.3 is 15.1 Å². The number of aryl methyl sites for hydroxylation is 1. The van der Waals surface area contributed by atoms with Gasteiger partial charge in [0, 0.05) is 63.3 Å². The largest absolute Gasteiger partial charge is 0.338 e. The van der Waals surface area contributed by atoms with E-state index < -0.39 is 0 Å².